The molecule has 2 aliphatic rings. The Morgan fingerprint density at radius 2 is 2.05 bits per heavy atom. The van der Waals surface area contributed by atoms with Crippen LogP contribution in [0.25, 0.3) is 0 Å². The van der Waals surface area contributed by atoms with Crippen molar-refractivity contribution in [3.8, 4) is 0 Å². The molecule has 1 amide bonds. The Hall–Kier alpha value is -1.39. The average Bonchev–Trinajstić information content (AvgIpc) is 2.54. The van der Waals surface area contributed by atoms with Gasteiger partial charge in [0.2, 0.25) is 0 Å². The molecule has 1 unspecified atom stereocenters. The molecular formula is C17H25N3O. The molecule has 2 N–H and O–H groups in total. The zero-order valence-corrected chi connectivity index (χ0v) is 12.6. The standard InChI is InChI=1S/C17H25N3O/c18-9-8-14-5-1-2-7-16(14)17(21)20-12-11-19-10-4-3-6-15(19)13-20/h1-2,5,7,15H,3-4,6,8-13,18H2. The third-order valence-electron chi connectivity index (χ3n) is 4.79. The highest BCUT2D eigenvalue weighted by Gasteiger charge is 2.31. The van der Waals surface area contributed by atoms with Crippen molar-refractivity contribution in [2.24, 2.45) is 5.73 Å². The maximum atomic E-state index is 12.8. The van der Waals surface area contributed by atoms with E-state index in [1.807, 2.05) is 29.2 Å². The van der Waals surface area contributed by atoms with Crippen LogP contribution in [0.15, 0.2) is 24.3 Å². The van der Waals surface area contributed by atoms with E-state index in [0.717, 1.165) is 37.2 Å². The van der Waals surface area contributed by atoms with E-state index in [4.69, 9.17) is 5.73 Å². The van der Waals surface area contributed by atoms with Crippen molar-refractivity contribution in [2.75, 3.05) is 32.7 Å². The van der Waals surface area contributed by atoms with Crippen molar-refractivity contribution in [2.45, 2.75) is 31.7 Å². The van der Waals surface area contributed by atoms with Crippen LogP contribution in [0.5, 0.6) is 0 Å². The molecule has 0 aromatic heterocycles. The fourth-order valence-corrected chi connectivity index (χ4v) is 3.61. The van der Waals surface area contributed by atoms with E-state index in [0.29, 0.717) is 12.6 Å². The predicted octanol–water partition coefficient (Wildman–Crippen LogP) is 1.50. The SMILES string of the molecule is NCCc1ccccc1C(=O)N1CCN2CCCCC2C1. The molecule has 0 spiro atoms. The third kappa shape index (κ3) is 3.11. The van der Waals surface area contributed by atoms with Crippen LogP contribution in [-0.2, 0) is 6.42 Å². The fourth-order valence-electron chi connectivity index (χ4n) is 3.61. The van der Waals surface area contributed by atoms with Crippen molar-refractivity contribution in [3.63, 3.8) is 0 Å². The molecule has 21 heavy (non-hydrogen) atoms. The van der Waals surface area contributed by atoms with Crippen molar-refractivity contribution >= 4 is 5.91 Å². The second kappa shape index (κ2) is 6.58. The van der Waals surface area contributed by atoms with E-state index in [-0.39, 0.29) is 5.91 Å². The minimum Gasteiger partial charge on any atom is -0.336 e. The van der Waals surface area contributed by atoms with E-state index in [2.05, 4.69) is 4.90 Å². The van der Waals surface area contributed by atoms with Crippen molar-refractivity contribution < 1.29 is 4.79 Å². The molecule has 2 fully saturated rings. The molecule has 3 rings (SSSR count). The fraction of sp³-hybridized carbons (Fsp3) is 0.588. The molecule has 0 saturated carbocycles. The Bertz CT molecular complexity index is 503. The summed E-state index contributed by atoms with van der Waals surface area (Å²) in [5, 5.41) is 0. The quantitative estimate of drug-likeness (QED) is 0.916. The highest BCUT2D eigenvalue weighted by molar-refractivity contribution is 5.95. The lowest BCUT2D eigenvalue weighted by Gasteiger charge is -2.44. The number of hydrogen-bond donors (Lipinski definition) is 1. The van der Waals surface area contributed by atoms with Gasteiger partial charge in [-0.2, -0.15) is 0 Å². The maximum absolute atomic E-state index is 12.8. The van der Waals surface area contributed by atoms with Gasteiger partial charge in [0.05, 0.1) is 0 Å². The molecule has 0 aliphatic carbocycles. The lowest BCUT2D eigenvalue weighted by molar-refractivity contribution is 0.0372. The summed E-state index contributed by atoms with van der Waals surface area (Å²) in [5.74, 6) is 0.185. The van der Waals surface area contributed by atoms with Crippen LogP contribution in [0.3, 0.4) is 0 Å². The highest BCUT2D eigenvalue weighted by atomic mass is 16.2. The first-order valence-electron chi connectivity index (χ1n) is 8.11. The summed E-state index contributed by atoms with van der Waals surface area (Å²) in [6.45, 7) is 4.55. The number of carbonyl (C=O) groups is 1. The number of piperidine rings is 1. The molecule has 0 bridgehead atoms. The number of piperazine rings is 1. The molecule has 2 heterocycles. The van der Waals surface area contributed by atoms with Crippen LogP contribution in [0, 0.1) is 0 Å². The molecular weight excluding hydrogens is 262 g/mol. The predicted molar refractivity (Wildman–Crippen MR) is 84.3 cm³/mol. The number of nitrogens with zero attached hydrogens (tertiary/aromatic N) is 2. The molecule has 0 radical (unpaired) electrons. The van der Waals surface area contributed by atoms with E-state index >= 15 is 0 Å². The van der Waals surface area contributed by atoms with Gasteiger partial charge < -0.3 is 10.6 Å². The number of benzene rings is 1. The summed E-state index contributed by atoms with van der Waals surface area (Å²) in [6.07, 6.45) is 4.61. The Morgan fingerprint density at radius 1 is 1.19 bits per heavy atom. The molecule has 2 aliphatic heterocycles. The number of hydrogen-bond acceptors (Lipinski definition) is 3. The second-order valence-corrected chi connectivity index (χ2v) is 6.13. The Morgan fingerprint density at radius 3 is 2.90 bits per heavy atom. The zero-order valence-electron chi connectivity index (χ0n) is 12.6. The molecule has 4 heteroatoms. The first-order valence-corrected chi connectivity index (χ1v) is 8.11. The van der Waals surface area contributed by atoms with Crippen LogP contribution in [0.2, 0.25) is 0 Å². The van der Waals surface area contributed by atoms with Gasteiger partial charge in [0.25, 0.3) is 5.91 Å². The summed E-state index contributed by atoms with van der Waals surface area (Å²) in [6, 6.07) is 8.47. The summed E-state index contributed by atoms with van der Waals surface area (Å²) < 4.78 is 0. The largest absolute Gasteiger partial charge is 0.336 e. The molecule has 114 valence electrons. The van der Waals surface area contributed by atoms with E-state index in [1.165, 1.54) is 25.8 Å². The molecule has 1 aromatic carbocycles. The summed E-state index contributed by atoms with van der Waals surface area (Å²) in [7, 11) is 0. The van der Waals surface area contributed by atoms with Gasteiger partial charge in [0.15, 0.2) is 0 Å². The van der Waals surface area contributed by atoms with E-state index < -0.39 is 0 Å². The van der Waals surface area contributed by atoms with Gasteiger partial charge in [-0.3, -0.25) is 9.69 Å². The monoisotopic (exact) mass is 287 g/mol. The Balaban J connectivity index is 1.73. The summed E-state index contributed by atoms with van der Waals surface area (Å²) >= 11 is 0. The summed E-state index contributed by atoms with van der Waals surface area (Å²) in [4.78, 5) is 17.4. The van der Waals surface area contributed by atoms with Crippen LogP contribution in [0.1, 0.15) is 35.2 Å². The van der Waals surface area contributed by atoms with E-state index in [9.17, 15) is 4.79 Å². The normalized spacial score (nSPS) is 22.9. The van der Waals surface area contributed by atoms with Crippen molar-refractivity contribution in [3.05, 3.63) is 35.4 Å². The average molecular weight is 287 g/mol. The van der Waals surface area contributed by atoms with Gasteiger partial charge in [-0.15, -0.1) is 0 Å². The highest BCUT2D eigenvalue weighted by Crippen LogP contribution is 2.23. The van der Waals surface area contributed by atoms with Crippen LogP contribution in [-0.4, -0.2) is 54.5 Å². The van der Waals surface area contributed by atoms with Gasteiger partial charge in [-0.25, -0.2) is 0 Å². The van der Waals surface area contributed by atoms with Gasteiger partial charge in [0, 0.05) is 31.2 Å². The number of rotatable bonds is 3. The van der Waals surface area contributed by atoms with Crippen molar-refractivity contribution in [1.29, 1.82) is 0 Å². The van der Waals surface area contributed by atoms with Gasteiger partial charge >= 0.3 is 0 Å². The van der Waals surface area contributed by atoms with E-state index in [1.54, 1.807) is 0 Å². The molecule has 2 saturated heterocycles. The first-order chi connectivity index (χ1) is 10.3. The lowest BCUT2D eigenvalue weighted by atomic mass is 9.98. The minimum atomic E-state index is 0.185. The molecule has 4 nitrogen and oxygen atoms in total. The smallest absolute Gasteiger partial charge is 0.254 e. The topological polar surface area (TPSA) is 49.6 Å². The van der Waals surface area contributed by atoms with Crippen molar-refractivity contribution in [1.82, 2.24) is 9.80 Å². The van der Waals surface area contributed by atoms with Crippen LogP contribution in [0.4, 0.5) is 0 Å². The lowest BCUT2D eigenvalue weighted by Crippen LogP contribution is -2.56. The molecule has 1 aromatic rings. The second-order valence-electron chi connectivity index (χ2n) is 6.13. The number of amides is 1. The zero-order chi connectivity index (χ0) is 14.7. The number of nitrogens with two attached hydrogens (primary N) is 1. The van der Waals surface area contributed by atoms with Gasteiger partial charge in [-0.05, 0) is 44.0 Å². The molecule has 1 atom stereocenters. The van der Waals surface area contributed by atoms with Gasteiger partial charge in [-0.1, -0.05) is 24.6 Å². The number of carbonyl (C=O) groups excluding carboxylic acids is 1. The Labute approximate surface area is 126 Å². The first kappa shape index (κ1) is 14.5. The van der Waals surface area contributed by atoms with Crippen LogP contribution >= 0.6 is 0 Å². The number of fused-ring (bicyclic) bond motifs is 1. The maximum Gasteiger partial charge on any atom is 0.254 e. The van der Waals surface area contributed by atoms with Crippen LogP contribution < -0.4 is 5.73 Å². The Kier molecular flexibility index (Phi) is 4.56. The summed E-state index contributed by atoms with van der Waals surface area (Å²) in [5.41, 5.74) is 7.58. The minimum absolute atomic E-state index is 0.185. The van der Waals surface area contributed by atoms with Gasteiger partial charge in [0.1, 0.15) is 0 Å². The third-order valence-corrected chi connectivity index (χ3v) is 4.79.